The van der Waals surface area contributed by atoms with Gasteiger partial charge in [0.05, 0.1) is 19.8 Å². The third-order valence-electron chi connectivity index (χ3n) is 3.90. The molecule has 0 aliphatic heterocycles. The molecule has 3 atom stereocenters. The molecule has 1 fully saturated rings. The summed E-state index contributed by atoms with van der Waals surface area (Å²) in [6, 6.07) is 0. The van der Waals surface area contributed by atoms with Crippen LogP contribution in [0.5, 0.6) is 0 Å². The number of hydrogen-bond donors (Lipinski definition) is 3. The Balaban J connectivity index is 1.81. The zero-order valence-electron chi connectivity index (χ0n) is 9.23. The van der Waals surface area contributed by atoms with Crippen molar-refractivity contribution in [3.05, 3.63) is 12.2 Å². The van der Waals surface area contributed by atoms with Crippen LogP contribution in [0, 0.1) is 17.8 Å². The van der Waals surface area contributed by atoms with Crippen molar-refractivity contribution in [2.24, 2.45) is 17.8 Å². The van der Waals surface area contributed by atoms with Crippen LogP contribution in [0.3, 0.4) is 0 Å². The summed E-state index contributed by atoms with van der Waals surface area (Å²) in [7, 11) is 0. The van der Waals surface area contributed by atoms with Crippen LogP contribution in [-0.2, 0) is 0 Å². The van der Waals surface area contributed by atoms with Crippen LogP contribution >= 0.6 is 0 Å². The van der Waals surface area contributed by atoms with Crippen LogP contribution in [-0.4, -0.2) is 43.1 Å². The largest absolute Gasteiger partial charge is 0.391 e. The van der Waals surface area contributed by atoms with Gasteiger partial charge < -0.3 is 15.1 Å². The first-order valence-corrected chi connectivity index (χ1v) is 6.07. The number of rotatable bonds is 6. The number of hydrogen-bond acceptors (Lipinski definition) is 2. The molecule has 3 nitrogen and oxygen atoms in total. The molecule has 0 saturated heterocycles. The monoisotopic (exact) mass is 212 g/mol. The highest BCUT2D eigenvalue weighted by atomic mass is 16.3. The maximum Gasteiger partial charge on any atom is 0.101 e. The summed E-state index contributed by atoms with van der Waals surface area (Å²) in [6.45, 7) is 3.13. The quantitative estimate of drug-likeness (QED) is 0.498. The lowest BCUT2D eigenvalue weighted by atomic mass is 9.93. The lowest BCUT2D eigenvalue weighted by Gasteiger charge is -2.24. The molecule has 86 valence electrons. The van der Waals surface area contributed by atoms with Crippen LogP contribution in [0.1, 0.15) is 12.8 Å². The predicted molar refractivity (Wildman–Crippen MR) is 58.6 cm³/mol. The second-order valence-electron chi connectivity index (χ2n) is 4.94. The normalized spacial score (nSPS) is 33.1. The lowest BCUT2D eigenvalue weighted by molar-refractivity contribution is -0.904. The number of aliphatic hydroxyl groups excluding tert-OH is 2. The van der Waals surface area contributed by atoms with Gasteiger partial charge in [0.2, 0.25) is 0 Å². The summed E-state index contributed by atoms with van der Waals surface area (Å²) in [5.41, 5.74) is 0. The molecule has 3 N–H and O–H groups in total. The van der Waals surface area contributed by atoms with Crippen molar-refractivity contribution in [3.63, 3.8) is 0 Å². The Kier molecular flexibility index (Phi) is 3.78. The smallest absolute Gasteiger partial charge is 0.101 e. The first kappa shape index (κ1) is 11.1. The molecule has 0 heterocycles. The summed E-state index contributed by atoms with van der Waals surface area (Å²) in [4.78, 5) is 1.35. The van der Waals surface area contributed by atoms with Gasteiger partial charge in [-0.15, -0.1) is 0 Å². The summed E-state index contributed by atoms with van der Waals surface area (Å²) >= 11 is 0. The molecule has 2 rings (SSSR count). The molecule has 2 bridgehead atoms. The highest BCUT2D eigenvalue weighted by Gasteiger charge is 2.37. The van der Waals surface area contributed by atoms with E-state index >= 15 is 0 Å². The van der Waals surface area contributed by atoms with E-state index in [4.69, 9.17) is 10.2 Å². The van der Waals surface area contributed by atoms with E-state index in [0.717, 1.165) is 37.4 Å². The summed E-state index contributed by atoms with van der Waals surface area (Å²) < 4.78 is 0. The zero-order valence-corrected chi connectivity index (χ0v) is 9.23. The van der Waals surface area contributed by atoms with Crippen molar-refractivity contribution in [1.29, 1.82) is 0 Å². The van der Waals surface area contributed by atoms with Gasteiger partial charge >= 0.3 is 0 Å². The molecule has 0 unspecified atom stereocenters. The lowest BCUT2D eigenvalue weighted by Crippen LogP contribution is -3.13. The predicted octanol–water partition coefficient (Wildman–Crippen LogP) is -0.932. The van der Waals surface area contributed by atoms with Crippen molar-refractivity contribution in [2.75, 3.05) is 32.8 Å². The number of aliphatic hydroxyl groups is 2. The molecule has 0 aromatic heterocycles. The average Bonchev–Trinajstić information content (AvgIpc) is 2.80. The fraction of sp³-hybridized carbons (Fsp3) is 0.833. The molecule has 0 amide bonds. The Hall–Kier alpha value is -0.380. The maximum atomic E-state index is 8.95. The van der Waals surface area contributed by atoms with E-state index in [1.807, 2.05) is 0 Å². The van der Waals surface area contributed by atoms with Crippen molar-refractivity contribution in [1.82, 2.24) is 0 Å². The fourth-order valence-corrected chi connectivity index (χ4v) is 3.15. The van der Waals surface area contributed by atoms with Crippen molar-refractivity contribution in [3.8, 4) is 0 Å². The number of quaternary nitrogens is 1. The summed E-state index contributed by atoms with van der Waals surface area (Å²) in [5.74, 6) is 2.39. The highest BCUT2D eigenvalue weighted by Crippen LogP contribution is 2.42. The van der Waals surface area contributed by atoms with Crippen LogP contribution in [0.2, 0.25) is 0 Å². The van der Waals surface area contributed by atoms with E-state index in [9.17, 15) is 0 Å². The topological polar surface area (TPSA) is 44.9 Å². The van der Waals surface area contributed by atoms with Crippen LogP contribution in [0.25, 0.3) is 0 Å². The first-order valence-electron chi connectivity index (χ1n) is 6.07. The van der Waals surface area contributed by atoms with Gasteiger partial charge in [-0.25, -0.2) is 0 Å². The first-order chi connectivity index (χ1) is 7.33. The molecular formula is C12H22NO2+. The minimum Gasteiger partial charge on any atom is -0.391 e. The van der Waals surface area contributed by atoms with Crippen LogP contribution < -0.4 is 4.90 Å². The Bertz CT molecular complexity index is 224. The van der Waals surface area contributed by atoms with E-state index in [1.54, 1.807) is 0 Å². The molecular weight excluding hydrogens is 190 g/mol. The molecule has 2 aliphatic carbocycles. The average molecular weight is 212 g/mol. The van der Waals surface area contributed by atoms with E-state index in [-0.39, 0.29) is 13.2 Å². The molecule has 2 aliphatic rings. The molecule has 0 spiro atoms. The Morgan fingerprint density at radius 2 is 1.80 bits per heavy atom. The number of allylic oxidation sites excluding steroid dienone is 2. The van der Waals surface area contributed by atoms with E-state index < -0.39 is 0 Å². The zero-order chi connectivity index (χ0) is 10.7. The molecule has 0 aromatic rings. The van der Waals surface area contributed by atoms with Crippen molar-refractivity contribution in [2.45, 2.75) is 12.8 Å². The van der Waals surface area contributed by atoms with Gasteiger partial charge in [0.1, 0.15) is 13.1 Å². The minimum absolute atomic E-state index is 0.228. The second-order valence-corrected chi connectivity index (χ2v) is 4.94. The molecule has 15 heavy (non-hydrogen) atoms. The SMILES string of the molecule is OCC[NH+](CCO)C[C@H]1C[C@@H]2C=C[C@H]1C2. The standard InChI is InChI=1S/C12H21NO2/c14-5-3-13(4-6-15)9-12-8-10-1-2-11(12)7-10/h1-2,10-12,14-15H,3-9H2/p+1/t10-,11+,12-/m1/s1. The fourth-order valence-electron chi connectivity index (χ4n) is 3.15. The Labute approximate surface area is 91.4 Å². The van der Waals surface area contributed by atoms with Gasteiger partial charge in [-0.1, -0.05) is 12.2 Å². The van der Waals surface area contributed by atoms with Gasteiger partial charge in [-0.3, -0.25) is 0 Å². The van der Waals surface area contributed by atoms with E-state index in [2.05, 4.69) is 12.2 Å². The van der Waals surface area contributed by atoms with Gasteiger partial charge in [0, 0.05) is 5.92 Å². The van der Waals surface area contributed by atoms with Gasteiger partial charge in [-0.2, -0.15) is 0 Å². The molecule has 0 radical (unpaired) electrons. The summed E-state index contributed by atoms with van der Waals surface area (Å²) in [5, 5.41) is 17.9. The maximum absolute atomic E-state index is 8.95. The van der Waals surface area contributed by atoms with Gasteiger partial charge in [0.25, 0.3) is 0 Å². The van der Waals surface area contributed by atoms with E-state index in [1.165, 1.54) is 17.7 Å². The number of fused-ring (bicyclic) bond motifs is 2. The highest BCUT2D eigenvalue weighted by molar-refractivity contribution is 5.09. The minimum atomic E-state index is 0.228. The third kappa shape index (κ3) is 2.60. The number of nitrogens with one attached hydrogen (secondary N) is 1. The van der Waals surface area contributed by atoms with Crippen molar-refractivity contribution < 1.29 is 15.1 Å². The summed E-state index contributed by atoms with van der Waals surface area (Å²) in [6.07, 6.45) is 7.39. The van der Waals surface area contributed by atoms with E-state index in [0.29, 0.717) is 0 Å². The molecule has 1 saturated carbocycles. The third-order valence-corrected chi connectivity index (χ3v) is 3.90. The molecule has 0 aromatic carbocycles. The van der Waals surface area contributed by atoms with Gasteiger partial charge in [-0.05, 0) is 24.7 Å². The second kappa shape index (κ2) is 5.10. The van der Waals surface area contributed by atoms with Crippen LogP contribution in [0.15, 0.2) is 12.2 Å². The Morgan fingerprint density at radius 1 is 1.07 bits per heavy atom. The van der Waals surface area contributed by atoms with Gasteiger partial charge in [0.15, 0.2) is 0 Å². The van der Waals surface area contributed by atoms with Crippen LogP contribution in [0.4, 0.5) is 0 Å². The Morgan fingerprint density at radius 3 is 2.27 bits per heavy atom. The molecule has 3 heteroatoms. The van der Waals surface area contributed by atoms with Crippen molar-refractivity contribution >= 4 is 0 Å².